The van der Waals surface area contributed by atoms with Gasteiger partial charge in [0.05, 0.1) is 0 Å². The fraction of sp³-hybridized carbons (Fsp3) is 0.500. The molecular weight excluding hydrogens is 212 g/mol. The third-order valence-corrected chi connectivity index (χ3v) is 3.87. The predicted molar refractivity (Wildman–Crippen MR) is 69.8 cm³/mol. The van der Waals surface area contributed by atoms with E-state index in [-0.39, 0.29) is 11.3 Å². The Labute approximate surface area is 102 Å². The van der Waals surface area contributed by atoms with Crippen molar-refractivity contribution in [3.63, 3.8) is 0 Å². The lowest BCUT2D eigenvalue weighted by Crippen LogP contribution is -2.06. The van der Waals surface area contributed by atoms with Crippen LogP contribution in [-0.2, 0) is 4.79 Å². The predicted octanol–water partition coefficient (Wildman–Crippen LogP) is 2.34. The normalized spacial score (nSPS) is 25.4. The maximum atomic E-state index is 11.0. The summed E-state index contributed by atoms with van der Waals surface area (Å²) in [6, 6.07) is 8.08. The average Bonchev–Trinajstić information content (AvgIpc) is 2.79. The lowest BCUT2D eigenvalue weighted by atomic mass is 10.0. The third-order valence-electron chi connectivity index (χ3n) is 3.87. The highest BCUT2D eigenvalue weighted by Crippen LogP contribution is 2.63. The van der Waals surface area contributed by atoms with Crippen LogP contribution in [0.15, 0.2) is 24.3 Å². The van der Waals surface area contributed by atoms with Gasteiger partial charge in [0.15, 0.2) is 0 Å². The molecule has 1 aliphatic carbocycles. The summed E-state index contributed by atoms with van der Waals surface area (Å²) in [4.78, 5) is 11.0. The number of nitrogens with one attached hydrogen (secondary N) is 1. The van der Waals surface area contributed by atoms with Gasteiger partial charge in [-0.25, -0.2) is 0 Å². The Kier molecular flexibility index (Phi) is 2.96. The van der Waals surface area contributed by atoms with Crippen molar-refractivity contribution in [2.24, 2.45) is 17.1 Å². The Morgan fingerprint density at radius 1 is 1.47 bits per heavy atom. The molecule has 1 amide bonds. The molecule has 2 rings (SSSR count). The van der Waals surface area contributed by atoms with Crippen molar-refractivity contribution >= 4 is 11.6 Å². The van der Waals surface area contributed by atoms with Crippen LogP contribution in [0.4, 0.5) is 5.69 Å². The zero-order valence-electron chi connectivity index (χ0n) is 10.7. The summed E-state index contributed by atoms with van der Waals surface area (Å²) in [7, 11) is 0. The molecule has 1 aromatic rings. The van der Waals surface area contributed by atoms with Gasteiger partial charge in [-0.1, -0.05) is 26.0 Å². The molecule has 0 aliphatic heterocycles. The average molecular weight is 232 g/mol. The van der Waals surface area contributed by atoms with E-state index in [9.17, 15) is 4.79 Å². The number of benzene rings is 1. The first-order valence-electron chi connectivity index (χ1n) is 6.04. The molecule has 0 radical (unpaired) electrons. The van der Waals surface area contributed by atoms with Crippen molar-refractivity contribution in [3.8, 4) is 0 Å². The Morgan fingerprint density at radius 2 is 2.18 bits per heavy atom. The summed E-state index contributed by atoms with van der Waals surface area (Å²) in [6.45, 7) is 6.75. The van der Waals surface area contributed by atoms with Crippen molar-refractivity contribution in [2.75, 3.05) is 11.9 Å². The van der Waals surface area contributed by atoms with Crippen LogP contribution in [0, 0.1) is 11.3 Å². The quantitative estimate of drug-likeness (QED) is 0.840. The molecule has 3 N–H and O–H groups in total. The van der Waals surface area contributed by atoms with Gasteiger partial charge in [-0.05, 0) is 41.5 Å². The Bertz CT molecular complexity index is 440. The highest BCUT2D eigenvalue weighted by atomic mass is 16.1. The SMILES string of the molecule is CC(=O)Nc1cccc(C2C(CN)C2(C)C)c1. The van der Waals surface area contributed by atoms with Crippen molar-refractivity contribution in [2.45, 2.75) is 26.7 Å². The van der Waals surface area contributed by atoms with Crippen LogP contribution in [0.5, 0.6) is 0 Å². The molecule has 1 aromatic carbocycles. The fourth-order valence-corrected chi connectivity index (χ4v) is 2.86. The van der Waals surface area contributed by atoms with Crippen LogP contribution >= 0.6 is 0 Å². The number of hydrogen-bond acceptors (Lipinski definition) is 2. The van der Waals surface area contributed by atoms with Gasteiger partial charge in [0.25, 0.3) is 0 Å². The molecule has 3 heteroatoms. The number of carbonyl (C=O) groups is 1. The van der Waals surface area contributed by atoms with Gasteiger partial charge in [-0.15, -0.1) is 0 Å². The van der Waals surface area contributed by atoms with E-state index in [4.69, 9.17) is 5.73 Å². The molecule has 92 valence electrons. The number of nitrogens with two attached hydrogens (primary N) is 1. The third kappa shape index (κ3) is 2.20. The van der Waals surface area contributed by atoms with Gasteiger partial charge in [-0.2, -0.15) is 0 Å². The molecule has 1 aliphatic rings. The van der Waals surface area contributed by atoms with Crippen molar-refractivity contribution in [1.82, 2.24) is 0 Å². The molecule has 1 saturated carbocycles. The first-order valence-corrected chi connectivity index (χ1v) is 6.04. The molecule has 3 nitrogen and oxygen atoms in total. The molecule has 0 saturated heterocycles. The first kappa shape index (κ1) is 12.1. The van der Waals surface area contributed by atoms with Crippen LogP contribution in [0.1, 0.15) is 32.3 Å². The summed E-state index contributed by atoms with van der Waals surface area (Å²) in [6.07, 6.45) is 0. The van der Waals surface area contributed by atoms with Gasteiger partial charge in [0.2, 0.25) is 5.91 Å². The first-order chi connectivity index (χ1) is 7.96. The van der Waals surface area contributed by atoms with E-state index >= 15 is 0 Å². The van der Waals surface area contributed by atoms with E-state index in [1.807, 2.05) is 12.1 Å². The fourth-order valence-electron chi connectivity index (χ4n) is 2.86. The van der Waals surface area contributed by atoms with E-state index in [0.29, 0.717) is 11.8 Å². The minimum absolute atomic E-state index is 0.0346. The van der Waals surface area contributed by atoms with Gasteiger partial charge >= 0.3 is 0 Å². The standard InChI is InChI=1S/C14H20N2O/c1-9(17)16-11-6-4-5-10(7-11)13-12(8-15)14(13,2)3/h4-7,12-13H,8,15H2,1-3H3,(H,16,17). The lowest BCUT2D eigenvalue weighted by Gasteiger charge is -2.06. The molecule has 2 atom stereocenters. The van der Waals surface area contributed by atoms with Crippen molar-refractivity contribution in [3.05, 3.63) is 29.8 Å². The summed E-state index contributed by atoms with van der Waals surface area (Å²) in [5.41, 5.74) is 8.21. The second-order valence-electron chi connectivity index (χ2n) is 5.45. The van der Waals surface area contributed by atoms with E-state index in [2.05, 4.69) is 31.3 Å². The molecule has 17 heavy (non-hydrogen) atoms. The summed E-state index contributed by atoms with van der Waals surface area (Å²) >= 11 is 0. The topological polar surface area (TPSA) is 55.1 Å². The van der Waals surface area contributed by atoms with Crippen molar-refractivity contribution < 1.29 is 4.79 Å². The zero-order valence-corrected chi connectivity index (χ0v) is 10.7. The van der Waals surface area contributed by atoms with Crippen LogP contribution in [-0.4, -0.2) is 12.5 Å². The van der Waals surface area contributed by atoms with Gasteiger partial charge in [-0.3, -0.25) is 4.79 Å². The highest BCUT2D eigenvalue weighted by molar-refractivity contribution is 5.88. The van der Waals surface area contributed by atoms with Crippen LogP contribution in [0.25, 0.3) is 0 Å². The molecule has 2 unspecified atom stereocenters. The maximum Gasteiger partial charge on any atom is 0.221 e. The molecule has 1 fully saturated rings. The zero-order chi connectivity index (χ0) is 12.6. The smallest absolute Gasteiger partial charge is 0.221 e. The summed E-state index contributed by atoms with van der Waals surface area (Å²) in [5, 5.41) is 2.82. The largest absolute Gasteiger partial charge is 0.330 e. The number of carbonyl (C=O) groups excluding carboxylic acids is 1. The number of hydrogen-bond donors (Lipinski definition) is 2. The number of anilines is 1. The molecule has 0 heterocycles. The van der Waals surface area contributed by atoms with Crippen LogP contribution in [0.3, 0.4) is 0 Å². The van der Waals surface area contributed by atoms with E-state index in [1.54, 1.807) is 0 Å². The molecular formula is C14H20N2O. The second-order valence-corrected chi connectivity index (χ2v) is 5.45. The van der Waals surface area contributed by atoms with E-state index in [1.165, 1.54) is 12.5 Å². The summed E-state index contributed by atoms with van der Waals surface area (Å²) in [5.74, 6) is 1.03. The Balaban J connectivity index is 2.20. The lowest BCUT2D eigenvalue weighted by molar-refractivity contribution is -0.114. The van der Waals surface area contributed by atoms with Gasteiger partial charge in [0, 0.05) is 12.6 Å². The number of amides is 1. The van der Waals surface area contributed by atoms with Gasteiger partial charge < -0.3 is 11.1 Å². The van der Waals surface area contributed by atoms with Gasteiger partial charge in [0.1, 0.15) is 0 Å². The second kappa shape index (κ2) is 4.15. The van der Waals surface area contributed by atoms with Crippen LogP contribution in [0.2, 0.25) is 0 Å². The minimum Gasteiger partial charge on any atom is -0.330 e. The van der Waals surface area contributed by atoms with E-state index < -0.39 is 0 Å². The molecule has 0 aromatic heterocycles. The highest BCUT2D eigenvalue weighted by Gasteiger charge is 2.57. The molecule has 0 bridgehead atoms. The monoisotopic (exact) mass is 232 g/mol. The summed E-state index contributed by atoms with van der Waals surface area (Å²) < 4.78 is 0. The Hall–Kier alpha value is -1.35. The Morgan fingerprint density at radius 3 is 2.71 bits per heavy atom. The van der Waals surface area contributed by atoms with Crippen molar-refractivity contribution in [1.29, 1.82) is 0 Å². The van der Waals surface area contributed by atoms with Crippen LogP contribution < -0.4 is 11.1 Å². The number of rotatable bonds is 3. The minimum atomic E-state index is -0.0346. The maximum absolute atomic E-state index is 11.0. The molecule has 0 spiro atoms. The van der Waals surface area contributed by atoms with E-state index in [0.717, 1.165) is 12.2 Å².